The van der Waals surface area contributed by atoms with Crippen LogP contribution in [0.5, 0.6) is 5.75 Å². The topological polar surface area (TPSA) is 84.0 Å². The van der Waals surface area contributed by atoms with Gasteiger partial charge in [0.2, 0.25) is 11.8 Å². The number of allylic oxidation sites excluding steroid dienone is 2. The molecule has 3 aromatic carbocycles. The average molecular weight is 597 g/mol. The van der Waals surface area contributed by atoms with Crippen molar-refractivity contribution < 1.29 is 23.9 Å². The predicted octanol–water partition coefficient (Wildman–Crippen LogP) is 5.14. The maximum atomic E-state index is 14.1. The van der Waals surface area contributed by atoms with Crippen LogP contribution in [0.3, 0.4) is 0 Å². The number of imide groups is 1. The Bertz CT molecular complexity index is 1610. The minimum atomic E-state index is -0.928. The number of anilines is 1. The number of amides is 2. The van der Waals surface area contributed by atoms with E-state index in [1.54, 1.807) is 77.8 Å². The lowest BCUT2D eigenvalue weighted by Gasteiger charge is -2.33. The van der Waals surface area contributed by atoms with Crippen LogP contribution in [-0.2, 0) is 9.59 Å². The van der Waals surface area contributed by atoms with E-state index in [2.05, 4.69) is 15.9 Å². The largest absolute Gasteiger partial charge is 0.496 e. The number of fused-ring (bicyclic) bond motifs is 3. The lowest BCUT2D eigenvalue weighted by atomic mass is 9.85. The number of aryl methyl sites for hydroxylation is 1. The summed E-state index contributed by atoms with van der Waals surface area (Å²) in [7, 11) is 1.54. The van der Waals surface area contributed by atoms with Crippen molar-refractivity contribution in [3.8, 4) is 5.75 Å². The fourth-order valence-electron chi connectivity index (χ4n) is 5.89. The second kappa shape index (κ2) is 10.0. The third kappa shape index (κ3) is 4.10. The average Bonchev–Trinajstić information content (AvgIpc) is 3.44. The number of rotatable bonds is 6. The van der Waals surface area contributed by atoms with Crippen molar-refractivity contribution in [1.82, 2.24) is 4.90 Å². The third-order valence-electron chi connectivity index (χ3n) is 7.84. The van der Waals surface area contributed by atoms with Gasteiger partial charge in [-0.2, -0.15) is 0 Å². The van der Waals surface area contributed by atoms with Gasteiger partial charge in [0.15, 0.2) is 11.6 Å². The highest BCUT2D eigenvalue weighted by atomic mass is 79.9. The third-order valence-corrected chi connectivity index (χ3v) is 8.46. The van der Waals surface area contributed by atoms with Crippen molar-refractivity contribution in [3.63, 3.8) is 0 Å². The molecule has 0 aromatic heterocycles. The molecule has 0 unspecified atom stereocenters. The highest BCUT2D eigenvalue weighted by Gasteiger charge is 2.63. The van der Waals surface area contributed by atoms with Crippen molar-refractivity contribution in [1.29, 1.82) is 0 Å². The molecule has 6 rings (SSSR count). The molecule has 7 nitrogen and oxygen atoms in total. The van der Waals surface area contributed by atoms with Gasteiger partial charge in [-0.05, 0) is 59.3 Å². The summed E-state index contributed by atoms with van der Waals surface area (Å²) in [6.45, 7) is 1.93. The molecular weight excluding hydrogens is 572 g/mol. The number of nitrogens with zero attached hydrogens (tertiary/aromatic N) is 2. The SMILES string of the molecule is COc1ccc(C(=O)[C@@H]2[C@@H]3C(=O)N(c4ccc(C)cc4)C(=O)[C@@H]3[C@H]3C=C(C(=O)c4ccccc4)C=CN32)cc1Br. The number of Topliss-reactive ketones (excluding diaryl/α,β-unsaturated/α-hetero) is 2. The van der Waals surface area contributed by atoms with Crippen LogP contribution in [-0.4, -0.2) is 47.5 Å². The van der Waals surface area contributed by atoms with Gasteiger partial charge in [-0.1, -0.05) is 54.1 Å². The molecule has 0 spiro atoms. The fraction of sp³-hybridized carbons (Fsp3) is 0.188. The molecule has 0 bridgehead atoms. The van der Waals surface area contributed by atoms with E-state index in [9.17, 15) is 19.2 Å². The van der Waals surface area contributed by atoms with Gasteiger partial charge in [0.1, 0.15) is 11.8 Å². The molecule has 8 heteroatoms. The van der Waals surface area contributed by atoms with Crippen LogP contribution in [0.25, 0.3) is 0 Å². The molecule has 3 aliphatic heterocycles. The molecule has 3 aromatic rings. The Morgan fingerprint density at radius 1 is 0.875 bits per heavy atom. The van der Waals surface area contributed by atoms with Gasteiger partial charge in [-0.25, -0.2) is 4.90 Å². The molecule has 2 amide bonds. The molecule has 4 atom stereocenters. The second-order valence-electron chi connectivity index (χ2n) is 10.1. The van der Waals surface area contributed by atoms with Gasteiger partial charge < -0.3 is 9.64 Å². The normalized spacial score (nSPS) is 23.1. The first-order valence-electron chi connectivity index (χ1n) is 12.9. The lowest BCUT2D eigenvalue weighted by molar-refractivity contribution is -0.123. The van der Waals surface area contributed by atoms with E-state index < -0.39 is 29.8 Å². The molecule has 3 aliphatic rings. The molecule has 2 saturated heterocycles. The molecule has 0 saturated carbocycles. The monoisotopic (exact) mass is 596 g/mol. The minimum Gasteiger partial charge on any atom is -0.496 e. The number of carbonyl (C=O) groups excluding carboxylic acids is 4. The Kier molecular flexibility index (Phi) is 6.50. The summed E-state index contributed by atoms with van der Waals surface area (Å²) >= 11 is 3.44. The number of methoxy groups -OCH3 is 1. The molecule has 0 aliphatic carbocycles. The van der Waals surface area contributed by atoms with Crippen molar-refractivity contribution in [3.05, 3.63) is 118 Å². The smallest absolute Gasteiger partial charge is 0.240 e. The summed E-state index contributed by atoms with van der Waals surface area (Å²) in [5.74, 6) is -2.44. The van der Waals surface area contributed by atoms with Gasteiger partial charge in [-0.3, -0.25) is 19.2 Å². The number of hydrogen-bond acceptors (Lipinski definition) is 6. The summed E-state index contributed by atoms with van der Waals surface area (Å²) in [4.78, 5) is 58.2. The summed E-state index contributed by atoms with van der Waals surface area (Å²) in [5.41, 5.74) is 2.79. The Labute approximate surface area is 239 Å². The van der Waals surface area contributed by atoms with Crippen molar-refractivity contribution in [2.75, 3.05) is 12.0 Å². The Morgan fingerprint density at radius 3 is 2.25 bits per heavy atom. The molecule has 0 N–H and O–H groups in total. The van der Waals surface area contributed by atoms with E-state index in [0.29, 0.717) is 32.6 Å². The zero-order chi connectivity index (χ0) is 28.1. The number of ether oxygens (including phenoxy) is 1. The maximum Gasteiger partial charge on any atom is 0.240 e. The van der Waals surface area contributed by atoms with Gasteiger partial charge >= 0.3 is 0 Å². The second-order valence-corrected chi connectivity index (χ2v) is 11.0. The van der Waals surface area contributed by atoms with E-state index in [1.165, 1.54) is 12.0 Å². The highest BCUT2D eigenvalue weighted by Crippen LogP contribution is 2.47. The van der Waals surface area contributed by atoms with E-state index in [1.807, 2.05) is 25.1 Å². The Morgan fingerprint density at radius 2 is 1.57 bits per heavy atom. The molecule has 3 heterocycles. The highest BCUT2D eigenvalue weighted by molar-refractivity contribution is 9.10. The number of benzene rings is 3. The first-order chi connectivity index (χ1) is 19.3. The van der Waals surface area contributed by atoms with Crippen LogP contribution in [0.1, 0.15) is 26.3 Å². The predicted molar refractivity (Wildman–Crippen MR) is 153 cm³/mol. The van der Waals surface area contributed by atoms with Crippen LogP contribution in [0, 0.1) is 18.8 Å². The molecular formula is C32H25BrN2O5. The zero-order valence-corrected chi connectivity index (χ0v) is 23.4. The van der Waals surface area contributed by atoms with Gasteiger partial charge in [0.25, 0.3) is 0 Å². The van der Waals surface area contributed by atoms with Crippen LogP contribution >= 0.6 is 15.9 Å². The standard InChI is InChI=1S/C32H25BrN2O5/c1-18-8-11-22(12-9-18)35-31(38)26-24-17-21(29(36)19-6-4-3-5-7-19)14-15-34(24)28(27(26)32(35)39)30(37)20-10-13-25(40-2)23(33)16-20/h3-17,24,26-28H,1-2H3/t24-,26-,27-,28+/m1/s1. The summed E-state index contributed by atoms with van der Waals surface area (Å²) in [5, 5.41) is 0. The fourth-order valence-corrected chi connectivity index (χ4v) is 6.43. The van der Waals surface area contributed by atoms with Crippen molar-refractivity contribution in [2.45, 2.75) is 19.0 Å². The van der Waals surface area contributed by atoms with Crippen LogP contribution < -0.4 is 9.64 Å². The minimum absolute atomic E-state index is 0.186. The molecule has 0 radical (unpaired) electrons. The quantitative estimate of drug-likeness (QED) is 0.289. The number of hydrogen-bond donors (Lipinski definition) is 0. The lowest BCUT2D eigenvalue weighted by Crippen LogP contribution is -2.46. The van der Waals surface area contributed by atoms with E-state index in [0.717, 1.165) is 5.56 Å². The number of ketones is 2. The van der Waals surface area contributed by atoms with Crippen molar-refractivity contribution in [2.24, 2.45) is 11.8 Å². The van der Waals surface area contributed by atoms with Gasteiger partial charge in [0.05, 0.1) is 35.1 Å². The van der Waals surface area contributed by atoms with E-state index in [4.69, 9.17) is 4.74 Å². The summed E-state index contributed by atoms with van der Waals surface area (Å²) < 4.78 is 5.91. The van der Waals surface area contributed by atoms with E-state index >= 15 is 0 Å². The summed E-state index contributed by atoms with van der Waals surface area (Å²) in [6.07, 6.45) is 5.06. The number of carbonyl (C=O) groups is 4. The number of halogens is 1. The maximum absolute atomic E-state index is 14.1. The Balaban J connectivity index is 1.43. The first kappa shape index (κ1) is 26.0. The Hall–Kier alpha value is -4.30. The molecule has 2 fully saturated rings. The van der Waals surface area contributed by atoms with Crippen LogP contribution in [0.2, 0.25) is 0 Å². The first-order valence-corrected chi connectivity index (χ1v) is 13.7. The van der Waals surface area contributed by atoms with Crippen LogP contribution in [0.15, 0.2) is 101 Å². The molecule has 40 heavy (non-hydrogen) atoms. The van der Waals surface area contributed by atoms with Gasteiger partial charge in [0, 0.05) is 22.9 Å². The zero-order valence-electron chi connectivity index (χ0n) is 21.8. The molecule has 200 valence electrons. The van der Waals surface area contributed by atoms with Crippen molar-refractivity contribution >= 4 is 45.0 Å². The summed E-state index contributed by atoms with van der Waals surface area (Å²) in [6, 6.07) is 19.5. The van der Waals surface area contributed by atoms with Crippen LogP contribution in [0.4, 0.5) is 5.69 Å². The van der Waals surface area contributed by atoms with E-state index in [-0.39, 0.29) is 17.5 Å². The van der Waals surface area contributed by atoms with Gasteiger partial charge in [-0.15, -0.1) is 0 Å².